The number of hydrogen-bond donors (Lipinski definition) is 3. The lowest BCUT2D eigenvalue weighted by Crippen LogP contribution is -2.56. The van der Waals surface area contributed by atoms with Crippen molar-refractivity contribution in [3.05, 3.63) is 385 Å². The van der Waals surface area contributed by atoms with Gasteiger partial charge >= 0.3 is 0 Å². The number of aromatic nitrogens is 4. The Hall–Kier alpha value is -14.3. The Kier molecular flexibility index (Phi) is 28.6. The molecule has 0 radical (unpaired) electrons. The molecule has 9 aromatic carbocycles. The van der Waals surface area contributed by atoms with Crippen LogP contribution in [-0.2, 0) is 29.6 Å². The average molecular weight is 2020 g/mol. The first-order valence-corrected chi connectivity index (χ1v) is 53.8. The molecule has 28 nitrogen and oxygen atoms in total. The van der Waals surface area contributed by atoms with E-state index in [4.69, 9.17) is 23.7 Å². The highest BCUT2D eigenvalue weighted by atomic mass is 32.2. The van der Waals surface area contributed by atoms with Gasteiger partial charge in [0, 0.05) is 140 Å². The van der Waals surface area contributed by atoms with E-state index in [0.717, 1.165) is 188 Å². The Morgan fingerprint density at radius 1 is 0.331 bits per heavy atom. The summed E-state index contributed by atoms with van der Waals surface area (Å²) in [6.45, 7) is 10.5. The second kappa shape index (κ2) is 42.9. The van der Waals surface area contributed by atoms with Crippen molar-refractivity contribution >= 4 is 70.7 Å². The molecule has 32 heteroatoms. The van der Waals surface area contributed by atoms with Gasteiger partial charge in [0.05, 0.1) is 26.4 Å². The van der Waals surface area contributed by atoms with Crippen LogP contribution in [0.25, 0.3) is 0 Å². The summed E-state index contributed by atoms with van der Waals surface area (Å²) in [6.07, 6.45) is 17.2. The lowest BCUT2D eigenvalue weighted by atomic mass is 9.93. The number of unbranched alkanes of at least 4 members (excludes halogenated alkanes) is 1. The topological polar surface area (TPSA) is 289 Å². The van der Waals surface area contributed by atoms with Crippen molar-refractivity contribution in [1.82, 2.24) is 38.3 Å². The van der Waals surface area contributed by atoms with Crippen LogP contribution >= 0.6 is 47.0 Å². The smallest absolute Gasteiger partial charge is 0.277 e. The van der Waals surface area contributed by atoms with E-state index in [1.165, 1.54) is 51.4 Å². The molecule has 3 N–H and O–H groups in total. The third kappa shape index (κ3) is 19.0. The van der Waals surface area contributed by atoms with Crippen LogP contribution in [0.3, 0.4) is 0 Å². The Morgan fingerprint density at radius 3 is 1.06 bits per heavy atom. The third-order valence-corrected chi connectivity index (χ3v) is 32.8. The summed E-state index contributed by atoms with van der Waals surface area (Å²) in [4.78, 5) is 116. The van der Waals surface area contributed by atoms with Crippen LogP contribution in [0.2, 0.25) is 0 Å². The highest BCUT2D eigenvalue weighted by Gasteiger charge is 2.47. The van der Waals surface area contributed by atoms with Gasteiger partial charge in [-0.25, -0.2) is 0 Å². The van der Waals surface area contributed by atoms with Crippen molar-refractivity contribution in [2.75, 3.05) is 99.3 Å². The number of thioether (sulfide) groups is 4. The maximum absolute atomic E-state index is 14.1. The molecule has 13 aromatic rings. The zero-order chi connectivity index (χ0) is 99.5. The minimum Gasteiger partial charge on any atom is -0.502 e. The fourth-order valence-corrected chi connectivity index (χ4v) is 25.5. The van der Waals surface area contributed by atoms with Crippen molar-refractivity contribution in [2.45, 2.75) is 164 Å². The van der Waals surface area contributed by atoms with E-state index in [-0.39, 0.29) is 88.4 Å². The summed E-state index contributed by atoms with van der Waals surface area (Å²) >= 11 is 7.18. The van der Waals surface area contributed by atoms with Crippen LogP contribution in [0, 0.1) is 0 Å². The van der Waals surface area contributed by atoms with Crippen LogP contribution in [0.5, 0.6) is 46.0 Å². The molecule has 744 valence electrons. The van der Waals surface area contributed by atoms with Crippen LogP contribution in [-0.4, -0.2) is 157 Å². The Labute approximate surface area is 856 Å². The van der Waals surface area contributed by atoms with E-state index >= 15 is 0 Å². The van der Waals surface area contributed by atoms with Gasteiger partial charge in [0.25, 0.3) is 23.6 Å². The summed E-state index contributed by atoms with van der Waals surface area (Å²) in [5.41, 5.74) is 12.8. The van der Waals surface area contributed by atoms with Gasteiger partial charge in [0.2, 0.25) is 21.7 Å². The van der Waals surface area contributed by atoms with Gasteiger partial charge in [0.1, 0.15) is 80.4 Å². The first-order chi connectivity index (χ1) is 71.0. The number of benzene rings is 9. The predicted molar refractivity (Wildman–Crippen MR) is 561 cm³/mol. The first kappa shape index (κ1) is 96.8. The fourth-order valence-electron chi connectivity index (χ4n) is 21.2. The number of hydrogen-bond acceptors (Lipinski definition) is 24. The quantitative estimate of drug-likeness (QED) is 0.115. The summed E-state index contributed by atoms with van der Waals surface area (Å²) in [7, 11) is 0. The average Bonchev–Trinajstić information content (AvgIpc) is 1.72. The van der Waals surface area contributed by atoms with E-state index in [9.17, 15) is 53.7 Å². The Bertz CT molecular complexity index is 6900. The lowest BCUT2D eigenvalue weighted by molar-refractivity contribution is 0.0666. The van der Waals surface area contributed by atoms with Gasteiger partial charge in [0.15, 0.2) is 45.8 Å². The number of fused-ring (bicyclic) bond motifs is 24. The number of rotatable bonds is 10. The van der Waals surface area contributed by atoms with Crippen molar-refractivity contribution in [3.8, 4) is 46.0 Å². The van der Waals surface area contributed by atoms with E-state index < -0.39 is 33.5 Å². The molecule has 0 saturated carbocycles. The Balaban J connectivity index is 0.000000114. The molecule has 11 aliphatic rings. The van der Waals surface area contributed by atoms with Crippen LogP contribution in [0.1, 0.15) is 229 Å². The molecule has 4 atom stereocenters. The maximum Gasteiger partial charge on any atom is 0.277 e. The van der Waals surface area contributed by atoms with Crippen LogP contribution in [0.15, 0.2) is 288 Å². The molecule has 24 rings (SSSR count). The summed E-state index contributed by atoms with van der Waals surface area (Å²) in [6, 6.07) is 72.3. The molecule has 2 unspecified atom stereocenters. The van der Waals surface area contributed by atoms with Gasteiger partial charge in [-0.1, -0.05) is 172 Å². The molecule has 145 heavy (non-hydrogen) atoms. The molecule has 0 aliphatic carbocycles. The second-order valence-corrected chi connectivity index (χ2v) is 41.5. The highest BCUT2D eigenvalue weighted by Crippen LogP contribution is 2.53. The van der Waals surface area contributed by atoms with Crippen molar-refractivity contribution < 1.29 is 58.2 Å². The summed E-state index contributed by atoms with van der Waals surface area (Å²) in [5, 5.41) is 40.5. The first-order valence-electron chi connectivity index (χ1n) is 49.9. The lowest BCUT2D eigenvalue weighted by Gasteiger charge is -2.44. The van der Waals surface area contributed by atoms with Gasteiger partial charge in [-0.2, -0.15) is 0 Å². The summed E-state index contributed by atoms with van der Waals surface area (Å²) < 4.78 is 38.4. The van der Waals surface area contributed by atoms with Crippen LogP contribution < -0.4 is 65.4 Å². The van der Waals surface area contributed by atoms with Crippen LogP contribution in [0.4, 0.5) is 0 Å². The predicted octanol–water partition coefficient (Wildman–Crippen LogP) is 18.4. The summed E-state index contributed by atoms with van der Waals surface area (Å²) in [5.74, 6) is 4.02. The number of carbonyl (C=O) groups excluding carboxylic acids is 4. The van der Waals surface area contributed by atoms with Gasteiger partial charge in [-0.3, -0.25) is 77.1 Å². The molecule has 0 saturated heterocycles. The number of nitrogens with zero attached hydrogens (tertiary/aromatic N) is 12. The molecule has 15 heterocycles. The molecule has 0 fully saturated rings. The second-order valence-electron chi connectivity index (χ2n) is 37.4. The van der Waals surface area contributed by atoms with Crippen molar-refractivity contribution in [3.63, 3.8) is 0 Å². The molecule has 4 aromatic heterocycles. The number of aromatic hydroxyl groups is 3. The van der Waals surface area contributed by atoms with Gasteiger partial charge in [-0.05, 0) is 169 Å². The largest absolute Gasteiger partial charge is 0.502 e. The molecule has 4 amide bonds. The standard InChI is InChI=1S/C35H37N3O4S.3C26H25N3O4S/c1-3-5-19-36-24-38(37-20-18-28(39)34(33(37)35(36)40)42-22-25-12-7-6-8-13-25)32-27-15-9-10-17-30(27)43-23-26-14-11-16-29(31(26)32)41-21-4-2;3*30-19-11-13-28-24(25(19)31)26(32)27-12-4-1-5-14-33-20-9-6-7-17-15-34-21-10-3-2-8-18(21)23(22(17)20)29(28)16-27/h6-18,20,32H,3-5,19,21-24H2,1-2H3;3*2-3,6-11,13,23,31H,1,4-5,12,14-16H2/t;2*23-;/m.10./s1. The normalized spacial score (nSPS) is 18.4. The minimum atomic E-state index is -0.552. The minimum absolute atomic E-state index is 0.0186. The van der Waals surface area contributed by atoms with Gasteiger partial charge < -0.3 is 58.6 Å². The molecule has 6 bridgehead atoms. The number of amides is 4. The third-order valence-electron chi connectivity index (χ3n) is 28.3. The molecular formula is C113H112N12O16S4. The highest BCUT2D eigenvalue weighted by molar-refractivity contribution is 7.99. The SMILES string of the molecule is CCCCN1CN(C2c3ccccc3SCc3cccc(OCCC)c32)n2ccc(=O)c(OCc3ccccc3)c2C1=O.O=C1c2c(O)c(=O)ccn2N2CN1CCCCCOc1cccc3c1C2c1ccccc1SC3.O=C1c2c(O)c(=O)ccn2N2CN1CCCCCOc1cccc3c1[C@@H]2c1ccccc1SC3.O=C1c2c(O)c(=O)ccn2N2CN1CCCCCOc1cccc3c1[C@H]2c1ccccc1SC3. The van der Waals surface area contributed by atoms with E-state index in [0.29, 0.717) is 79.3 Å². The van der Waals surface area contributed by atoms with Crippen molar-refractivity contribution in [1.29, 1.82) is 0 Å². The van der Waals surface area contributed by atoms with E-state index in [2.05, 4.69) is 125 Å². The van der Waals surface area contributed by atoms with Gasteiger partial charge in [-0.15, -0.1) is 47.0 Å². The Morgan fingerprint density at radius 2 is 0.676 bits per heavy atom. The zero-order valence-corrected chi connectivity index (χ0v) is 83.9. The monoisotopic (exact) mass is 2020 g/mol. The molecule has 0 spiro atoms. The van der Waals surface area contributed by atoms with E-state index in [1.54, 1.807) is 88.8 Å². The zero-order valence-electron chi connectivity index (χ0n) is 80.6. The molecular weight excluding hydrogens is 1910 g/mol. The van der Waals surface area contributed by atoms with E-state index in [1.807, 2.05) is 131 Å². The van der Waals surface area contributed by atoms with Crippen molar-refractivity contribution in [2.24, 2.45) is 0 Å². The molecule has 11 aliphatic heterocycles. The number of ether oxygens (including phenoxy) is 5. The fraction of sp³-hybridized carbons (Fsp3) is 0.310. The number of carbonyl (C=O) groups is 4. The number of pyridine rings is 4. The maximum atomic E-state index is 14.1.